The fourth-order valence-electron chi connectivity index (χ4n) is 0.398. The van der Waals surface area contributed by atoms with E-state index in [1.807, 2.05) is 5.32 Å². The van der Waals surface area contributed by atoms with Crippen molar-refractivity contribution >= 4 is 12.9 Å². The van der Waals surface area contributed by atoms with Crippen molar-refractivity contribution in [3.05, 3.63) is 0 Å². The molecule has 0 spiro atoms. The maximum absolute atomic E-state index is 11.5. The molecule has 0 radical (unpaired) electrons. The summed E-state index contributed by atoms with van der Waals surface area (Å²) in [4.78, 5) is 9.99. The molecule has 66 valence electrons. The van der Waals surface area contributed by atoms with Crippen LogP contribution in [0.4, 0.5) is 12.9 Å². The molecule has 1 atom stereocenters. The summed E-state index contributed by atoms with van der Waals surface area (Å²) in [5.74, 6) is -1.29. The minimum absolute atomic E-state index is 0. The molecule has 0 heterocycles. The van der Waals surface area contributed by atoms with Crippen LogP contribution in [0.2, 0.25) is 0 Å². The Morgan fingerprint density at radius 2 is 2.00 bits per heavy atom. The first-order chi connectivity index (χ1) is 4.83. The first-order valence-electron chi connectivity index (χ1n) is 3.00. The van der Waals surface area contributed by atoms with Crippen LogP contribution in [0, 0.1) is 0 Å². The van der Waals surface area contributed by atoms with Crippen LogP contribution < -0.4 is 56.7 Å². The third-order valence-corrected chi connectivity index (χ3v) is 1.03. The monoisotopic (exact) mass is 209 g/mol. The number of halogens is 3. The summed E-state index contributed by atoms with van der Waals surface area (Å²) in [6.45, 7) is -3.78. The van der Waals surface area contributed by atoms with Gasteiger partial charge in [-0.25, -0.2) is 0 Å². The van der Waals surface area contributed by atoms with Crippen molar-refractivity contribution in [2.45, 2.75) is 13.0 Å². The van der Waals surface area contributed by atoms with Gasteiger partial charge in [-0.15, -0.1) is 0 Å². The molecule has 0 aromatic carbocycles. The summed E-state index contributed by atoms with van der Waals surface area (Å²) in [7, 11) is 0. The standard InChI is InChI=1S/C4H8BF3NO2.K/c1-3(4(10)11)9-2-5(6,7)8;/h3,9H,2H2,1H3,(H,10,11);/q-1;+1. The summed E-state index contributed by atoms with van der Waals surface area (Å²) < 4.78 is 34.5. The van der Waals surface area contributed by atoms with Crippen molar-refractivity contribution in [3.63, 3.8) is 0 Å². The molecule has 0 aromatic rings. The molecule has 0 aliphatic rings. The van der Waals surface area contributed by atoms with Crippen LogP contribution in [0.1, 0.15) is 6.92 Å². The number of carboxylic acids is 1. The van der Waals surface area contributed by atoms with Crippen LogP contribution in [0.3, 0.4) is 0 Å². The van der Waals surface area contributed by atoms with Crippen LogP contribution >= 0.6 is 0 Å². The molecule has 0 saturated carbocycles. The zero-order valence-electron chi connectivity index (χ0n) is 6.85. The molecule has 8 heteroatoms. The molecule has 0 saturated heterocycles. The molecule has 12 heavy (non-hydrogen) atoms. The van der Waals surface area contributed by atoms with Crippen LogP contribution in [-0.4, -0.2) is 30.5 Å². The Balaban J connectivity index is 0. The second-order valence-electron chi connectivity index (χ2n) is 2.18. The average molecular weight is 209 g/mol. The van der Waals surface area contributed by atoms with E-state index in [9.17, 15) is 17.7 Å². The van der Waals surface area contributed by atoms with Gasteiger partial charge in [-0.3, -0.25) is 4.79 Å². The molecule has 0 rings (SSSR count). The van der Waals surface area contributed by atoms with Gasteiger partial charge in [0.1, 0.15) is 6.04 Å². The van der Waals surface area contributed by atoms with E-state index in [1.165, 1.54) is 0 Å². The molecule has 0 aliphatic carbocycles. The van der Waals surface area contributed by atoms with E-state index in [-0.39, 0.29) is 51.4 Å². The zero-order chi connectivity index (χ0) is 9.07. The Labute approximate surface area is 111 Å². The molecule has 0 aromatic heterocycles. The topological polar surface area (TPSA) is 49.3 Å². The molecule has 0 aliphatic heterocycles. The fraction of sp³-hybridized carbons (Fsp3) is 0.750. The Kier molecular flexibility index (Phi) is 8.19. The SMILES string of the molecule is CC(NC[B-](F)(F)F)C(=O)O.[K+]. The molecular weight excluding hydrogens is 201 g/mol. The van der Waals surface area contributed by atoms with Gasteiger partial charge in [0, 0.05) is 0 Å². The Hall–Kier alpha value is 0.921. The third kappa shape index (κ3) is 9.01. The normalized spacial score (nSPS) is 13.3. The van der Waals surface area contributed by atoms with Crippen molar-refractivity contribution in [1.82, 2.24) is 5.32 Å². The largest absolute Gasteiger partial charge is 1.00 e. The van der Waals surface area contributed by atoms with Gasteiger partial charge < -0.3 is 23.4 Å². The summed E-state index contributed by atoms with van der Waals surface area (Å²) in [6.07, 6.45) is -1.21. The third-order valence-electron chi connectivity index (χ3n) is 1.03. The van der Waals surface area contributed by atoms with Gasteiger partial charge >= 0.3 is 64.3 Å². The van der Waals surface area contributed by atoms with E-state index in [0.29, 0.717) is 0 Å². The Morgan fingerprint density at radius 1 is 1.58 bits per heavy atom. The number of hydrogen-bond acceptors (Lipinski definition) is 2. The van der Waals surface area contributed by atoms with E-state index in [0.717, 1.165) is 6.92 Å². The smallest absolute Gasteiger partial charge is 0.480 e. The number of nitrogens with one attached hydrogen (secondary N) is 1. The molecule has 1 unspecified atom stereocenters. The predicted octanol–water partition coefficient (Wildman–Crippen LogP) is -2.56. The van der Waals surface area contributed by atoms with Crippen LogP contribution in [0.5, 0.6) is 0 Å². The van der Waals surface area contributed by atoms with E-state index in [4.69, 9.17) is 5.11 Å². The van der Waals surface area contributed by atoms with Crippen LogP contribution in [-0.2, 0) is 4.79 Å². The molecule has 2 N–H and O–H groups in total. The minimum Gasteiger partial charge on any atom is -0.480 e. The van der Waals surface area contributed by atoms with E-state index < -0.39 is 25.4 Å². The quantitative estimate of drug-likeness (QED) is 0.501. The van der Waals surface area contributed by atoms with Gasteiger partial charge in [0.05, 0.1) is 0 Å². The second-order valence-corrected chi connectivity index (χ2v) is 2.18. The number of carboxylic acid groups (broad SMARTS) is 1. The molecule has 3 nitrogen and oxygen atoms in total. The summed E-state index contributed by atoms with van der Waals surface area (Å²) in [6, 6.07) is -1.15. The van der Waals surface area contributed by atoms with Gasteiger partial charge in [-0.2, -0.15) is 0 Å². The van der Waals surface area contributed by atoms with Crippen molar-refractivity contribution < 1.29 is 74.2 Å². The number of rotatable bonds is 4. The van der Waals surface area contributed by atoms with Gasteiger partial charge in [0.2, 0.25) is 0 Å². The van der Waals surface area contributed by atoms with Gasteiger partial charge in [0.25, 0.3) is 0 Å². The van der Waals surface area contributed by atoms with Crippen molar-refractivity contribution in [2.24, 2.45) is 0 Å². The van der Waals surface area contributed by atoms with Crippen molar-refractivity contribution in [2.75, 3.05) is 6.44 Å². The number of hydrogen-bond donors (Lipinski definition) is 2. The maximum Gasteiger partial charge on any atom is 1.00 e. The molecule has 0 fully saturated rings. The number of aliphatic carboxylic acids is 1. The first kappa shape index (κ1) is 15.4. The van der Waals surface area contributed by atoms with Crippen molar-refractivity contribution in [1.29, 1.82) is 0 Å². The second kappa shape index (κ2) is 6.39. The van der Waals surface area contributed by atoms with Crippen LogP contribution in [0.15, 0.2) is 0 Å². The Morgan fingerprint density at radius 3 is 2.25 bits per heavy atom. The molecular formula is C4H8BF3KNO2. The number of carbonyl (C=O) groups is 1. The minimum atomic E-state index is -4.93. The molecule has 0 bridgehead atoms. The molecule has 0 amide bonds. The zero-order valence-corrected chi connectivity index (χ0v) is 9.97. The fourth-order valence-corrected chi connectivity index (χ4v) is 0.398. The van der Waals surface area contributed by atoms with Crippen molar-refractivity contribution in [3.8, 4) is 0 Å². The summed E-state index contributed by atoms with van der Waals surface area (Å²) >= 11 is 0. The average Bonchev–Trinajstić information content (AvgIpc) is 1.80. The first-order valence-corrected chi connectivity index (χ1v) is 3.00. The van der Waals surface area contributed by atoms with Gasteiger partial charge in [-0.1, -0.05) is 0 Å². The van der Waals surface area contributed by atoms with Gasteiger partial charge in [-0.05, 0) is 13.4 Å². The summed E-state index contributed by atoms with van der Waals surface area (Å²) in [5, 5.41) is 9.98. The van der Waals surface area contributed by atoms with E-state index in [2.05, 4.69) is 0 Å². The van der Waals surface area contributed by atoms with E-state index in [1.54, 1.807) is 0 Å². The van der Waals surface area contributed by atoms with Gasteiger partial charge in [0.15, 0.2) is 0 Å². The predicted molar refractivity (Wildman–Crippen MR) is 34.2 cm³/mol. The Bertz CT molecular complexity index is 154. The summed E-state index contributed by atoms with van der Waals surface area (Å²) in [5.41, 5.74) is 0. The van der Waals surface area contributed by atoms with E-state index >= 15 is 0 Å². The maximum atomic E-state index is 11.5. The van der Waals surface area contributed by atoms with Crippen LogP contribution in [0.25, 0.3) is 0 Å².